The average Bonchev–Trinajstić information content (AvgIpc) is 3.12. The summed E-state index contributed by atoms with van der Waals surface area (Å²) < 4.78 is 41.9. The Morgan fingerprint density at radius 3 is 2.42 bits per heavy atom. The molecule has 181 valence electrons. The summed E-state index contributed by atoms with van der Waals surface area (Å²) in [5, 5.41) is 20.5. The van der Waals surface area contributed by atoms with Gasteiger partial charge in [-0.1, -0.05) is 0 Å². The fourth-order valence-corrected chi connectivity index (χ4v) is 6.49. The zero-order valence-corrected chi connectivity index (χ0v) is 19.8. The maximum Gasteiger partial charge on any atom is 0.488 e. The number of aliphatic hydroxyl groups excluding tert-OH is 2. The number of nitrogens with zero attached hydrogens (tertiary/aromatic N) is 3. The molecule has 3 rings (SSSR count). The number of aliphatic hydroxyl groups is 2. The van der Waals surface area contributed by atoms with E-state index in [0.29, 0.717) is 0 Å². The molecule has 1 radical (unpaired) electrons. The summed E-state index contributed by atoms with van der Waals surface area (Å²) in [6.07, 6.45) is -5.18. The molecule has 0 saturated carbocycles. The number of nitrogens with one attached hydrogen (secondary N) is 1. The summed E-state index contributed by atoms with van der Waals surface area (Å²) in [7, 11) is -10.9. The van der Waals surface area contributed by atoms with E-state index in [0.717, 1.165) is 10.9 Å². The number of hydrogen-bond acceptors (Lipinski definition) is 13. The normalized spacial score (nSPS) is 27.1. The number of rotatable bonds is 8. The van der Waals surface area contributed by atoms with Crippen molar-refractivity contribution in [3.8, 4) is 0 Å². The van der Waals surface area contributed by atoms with Crippen molar-refractivity contribution in [1.29, 1.82) is 0 Å². The van der Waals surface area contributed by atoms with Crippen LogP contribution in [0.5, 0.6) is 0 Å². The van der Waals surface area contributed by atoms with Gasteiger partial charge in [0.1, 0.15) is 18.3 Å². The molecule has 6 atom stereocenters. The largest absolute Gasteiger partial charge is 0.488 e. The van der Waals surface area contributed by atoms with Crippen LogP contribution >= 0.6 is 22.4 Å². The van der Waals surface area contributed by atoms with Crippen LogP contribution in [-0.2, 0) is 38.8 Å². The van der Waals surface area contributed by atoms with Crippen molar-refractivity contribution in [2.45, 2.75) is 24.5 Å². The van der Waals surface area contributed by atoms with Crippen LogP contribution in [0, 0.1) is 0 Å². The molecule has 0 aliphatic carbocycles. The van der Waals surface area contributed by atoms with E-state index < -0.39 is 59.1 Å². The van der Waals surface area contributed by atoms with Crippen LogP contribution in [0.15, 0.2) is 11.1 Å². The Kier molecular flexibility index (Phi) is 8.88. The van der Waals surface area contributed by atoms with E-state index in [1.54, 1.807) is 0 Å². The number of phosphoric ester groups is 1. The first-order valence-corrected chi connectivity index (χ1v) is 13.7. The molecular weight excluding hydrogens is 530 g/mol. The van der Waals surface area contributed by atoms with Gasteiger partial charge in [-0.15, -0.1) is 0 Å². The summed E-state index contributed by atoms with van der Waals surface area (Å²) in [4.78, 5) is 58.3. The van der Waals surface area contributed by atoms with Gasteiger partial charge in [0.2, 0.25) is 5.95 Å². The fraction of sp³-hybridized carbons (Fsp3) is 0.500. The number of imidazole rings is 1. The zero-order chi connectivity index (χ0) is 24.1. The molecule has 1 saturated heterocycles. The summed E-state index contributed by atoms with van der Waals surface area (Å²) in [6.45, 7) is -5.69. The summed E-state index contributed by atoms with van der Waals surface area (Å²) >= 11 is 3.96. The number of H-pyrrole nitrogens is 1. The van der Waals surface area contributed by atoms with Crippen LogP contribution in [-0.4, -0.2) is 93.1 Å². The topological polar surface area (TPSA) is 282 Å². The van der Waals surface area contributed by atoms with Gasteiger partial charge >= 0.3 is 22.4 Å². The molecule has 3 heterocycles. The van der Waals surface area contributed by atoms with E-state index in [2.05, 4.69) is 39.9 Å². The van der Waals surface area contributed by atoms with Crippen molar-refractivity contribution in [2.24, 2.45) is 0 Å². The molecule has 2 aromatic rings. The third-order valence-corrected chi connectivity index (χ3v) is 8.28. The minimum Gasteiger partial charge on any atom is -0.387 e. The number of phosphoric acid groups is 2. The van der Waals surface area contributed by atoms with Crippen LogP contribution in [0.25, 0.3) is 11.2 Å². The molecule has 18 nitrogen and oxygen atoms in total. The maximum atomic E-state index is 11.9. The Morgan fingerprint density at radius 1 is 1.18 bits per heavy atom. The third kappa shape index (κ3) is 7.00. The quantitative estimate of drug-likeness (QED) is 0.124. The minimum absolute atomic E-state index is 0. The van der Waals surface area contributed by atoms with Crippen molar-refractivity contribution in [3.05, 3.63) is 16.7 Å². The van der Waals surface area contributed by atoms with E-state index in [9.17, 15) is 33.9 Å². The molecule has 0 spiro atoms. The van der Waals surface area contributed by atoms with E-state index in [-0.39, 0.29) is 36.0 Å². The Hall–Kier alpha value is -0.543. The van der Waals surface area contributed by atoms with E-state index in [4.69, 9.17) is 20.3 Å². The van der Waals surface area contributed by atoms with Gasteiger partial charge in [-0.05, 0) is 11.8 Å². The Balaban J connectivity index is 0.00000385. The number of ether oxygens (including phenoxy) is 1. The first kappa shape index (κ1) is 28.7. The molecule has 0 bridgehead atoms. The minimum atomic E-state index is -5.52. The van der Waals surface area contributed by atoms with Gasteiger partial charge in [-0.3, -0.25) is 18.9 Å². The number of anilines is 1. The molecule has 2 aromatic heterocycles. The number of aromatic amines is 1. The molecule has 0 amide bonds. The molecule has 1 aliphatic heterocycles. The predicted molar refractivity (Wildman–Crippen MR) is 111 cm³/mol. The number of hydrogen-bond donors (Lipinski definition) is 8. The Morgan fingerprint density at radius 2 is 1.82 bits per heavy atom. The number of nitrogen functional groups attached to an aromatic ring is 1. The molecule has 23 heteroatoms. The van der Waals surface area contributed by atoms with Gasteiger partial charge in [-0.25, -0.2) is 18.4 Å². The summed E-state index contributed by atoms with van der Waals surface area (Å²) in [5.41, 5.74) is 4.56. The van der Waals surface area contributed by atoms with Crippen LogP contribution in [0.3, 0.4) is 0 Å². The first-order valence-electron chi connectivity index (χ1n) is 8.11. The first-order chi connectivity index (χ1) is 14.6. The molecule has 0 aromatic carbocycles. The third-order valence-electron chi connectivity index (χ3n) is 3.88. The van der Waals surface area contributed by atoms with Gasteiger partial charge in [0.15, 0.2) is 17.4 Å². The van der Waals surface area contributed by atoms with E-state index >= 15 is 0 Å². The Bertz CT molecular complexity index is 1220. The second kappa shape index (κ2) is 10.2. The molecule has 33 heavy (non-hydrogen) atoms. The molecule has 1 aliphatic rings. The van der Waals surface area contributed by atoms with Crippen molar-refractivity contribution >= 4 is 70.1 Å². The number of aromatic nitrogens is 4. The second-order valence-corrected chi connectivity index (χ2v) is 12.1. The van der Waals surface area contributed by atoms with Crippen molar-refractivity contribution in [3.63, 3.8) is 0 Å². The van der Waals surface area contributed by atoms with Crippen molar-refractivity contribution in [1.82, 2.24) is 19.5 Å². The molecular formula is C10H16LiN5O13P3S. The van der Waals surface area contributed by atoms with Crippen molar-refractivity contribution < 1.29 is 56.8 Å². The number of nitrogens with two attached hydrogens (primary N) is 1. The van der Waals surface area contributed by atoms with Gasteiger partial charge in [0.25, 0.3) is 5.56 Å². The van der Waals surface area contributed by atoms with Gasteiger partial charge in [-0.2, -0.15) is 9.29 Å². The van der Waals surface area contributed by atoms with E-state index in [1.165, 1.54) is 0 Å². The van der Waals surface area contributed by atoms with Crippen LogP contribution in [0.4, 0.5) is 5.95 Å². The van der Waals surface area contributed by atoms with Crippen LogP contribution in [0.2, 0.25) is 0 Å². The van der Waals surface area contributed by atoms with Gasteiger partial charge in [0, 0.05) is 18.9 Å². The van der Waals surface area contributed by atoms with E-state index in [1.807, 2.05) is 0 Å². The maximum absolute atomic E-state index is 11.9. The van der Waals surface area contributed by atoms with Crippen molar-refractivity contribution in [2.75, 3.05) is 12.3 Å². The summed E-state index contributed by atoms with van der Waals surface area (Å²) in [6, 6.07) is 0. The predicted octanol–water partition coefficient (Wildman–Crippen LogP) is -2.60. The van der Waals surface area contributed by atoms with Crippen LogP contribution < -0.4 is 11.3 Å². The second-order valence-electron chi connectivity index (χ2n) is 6.21. The Labute approximate surface area is 200 Å². The average molecular weight is 546 g/mol. The van der Waals surface area contributed by atoms with Gasteiger partial charge < -0.3 is 40.3 Å². The molecule has 2 unspecified atom stereocenters. The summed E-state index contributed by atoms with van der Waals surface area (Å²) in [5.74, 6) is -0.262. The zero-order valence-electron chi connectivity index (χ0n) is 16.3. The molecule has 9 N–H and O–H groups in total. The monoisotopic (exact) mass is 546 g/mol. The standard InChI is InChI=1S/C10H16N5O13P3S.Li/c11-10-13-7-4(8(18)14-10)12-2-15(7)9-6(17)5(16)3(26-9)1-25-29(19,20)27-30(21,22)28-31(23,24)32;/h2-3,5-6,9,16-17H,1H2,(H,19,20)(H,21,22)(H2,23,24,32)(H3,11,13,14,18);/t3-,5-,6-,9-;/m1./s1. The number of fused-ring (bicyclic) bond motifs is 1. The fourth-order valence-electron chi connectivity index (χ4n) is 2.70. The SMILES string of the molecule is Nc1nc2c(ncn2[C@@H]2O[C@H](COP(=O)(O)OP(=O)(O)OP(O)(O)=S)[C@@H](O)[C@H]2O)c(=O)[nH]1.[Li]. The van der Waals surface area contributed by atoms with Gasteiger partial charge in [0.05, 0.1) is 12.9 Å². The molecule has 1 fully saturated rings. The van der Waals surface area contributed by atoms with Crippen LogP contribution in [0.1, 0.15) is 6.23 Å². The smallest absolute Gasteiger partial charge is 0.387 e.